The molecule has 0 atom stereocenters. The molecule has 1 heterocycles. The molecule has 0 saturated carbocycles. The van der Waals surface area contributed by atoms with Gasteiger partial charge in [-0.1, -0.05) is 29.8 Å². The molecule has 0 aromatic heterocycles. The van der Waals surface area contributed by atoms with E-state index >= 15 is 0 Å². The number of nitrogens with one attached hydrogen (secondary N) is 1. The first-order chi connectivity index (χ1) is 16.6. The van der Waals surface area contributed by atoms with Crippen LogP contribution in [0.15, 0.2) is 65.6 Å². The summed E-state index contributed by atoms with van der Waals surface area (Å²) in [5, 5.41) is 14.4. The maximum absolute atomic E-state index is 13.3. The van der Waals surface area contributed by atoms with Gasteiger partial charge in [0.1, 0.15) is 0 Å². The fraction of sp³-hybridized carbons (Fsp3) is 0.167. The molecule has 1 aliphatic rings. The third kappa shape index (κ3) is 4.45. The van der Waals surface area contributed by atoms with Gasteiger partial charge in [0.15, 0.2) is 4.90 Å². The summed E-state index contributed by atoms with van der Waals surface area (Å²) in [5.74, 6) is -1.42. The maximum atomic E-state index is 13.3. The molecule has 1 amide bonds. The number of rotatable bonds is 6. The largest absolute Gasteiger partial charge is 0.465 e. The zero-order valence-corrected chi connectivity index (χ0v) is 19.7. The Morgan fingerprint density at radius 1 is 1.09 bits per heavy atom. The SMILES string of the molecule is COC(=O)c1cc(C)ccc1NC(=O)c1ccc(S(=O)(=O)N2CCc3ccccc32)c([N+](=O)[O-])c1. The predicted molar refractivity (Wildman–Crippen MR) is 128 cm³/mol. The van der Waals surface area contributed by atoms with E-state index in [9.17, 15) is 28.1 Å². The molecule has 3 aromatic rings. The Morgan fingerprint density at radius 2 is 1.83 bits per heavy atom. The van der Waals surface area contributed by atoms with Crippen LogP contribution in [0.5, 0.6) is 0 Å². The summed E-state index contributed by atoms with van der Waals surface area (Å²) in [5.41, 5.74) is 1.46. The van der Waals surface area contributed by atoms with E-state index in [0.717, 1.165) is 27.6 Å². The average molecular weight is 496 g/mol. The van der Waals surface area contributed by atoms with Crippen LogP contribution in [0.25, 0.3) is 0 Å². The lowest BCUT2D eigenvalue weighted by atomic mass is 10.1. The average Bonchev–Trinajstić information content (AvgIpc) is 3.29. The second-order valence-corrected chi connectivity index (χ2v) is 9.72. The lowest BCUT2D eigenvalue weighted by Gasteiger charge is -2.19. The molecule has 180 valence electrons. The van der Waals surface area contributed by atoms with Crippen molar-refractivity contribution >= 4 is 39.0 Å². The Labute approximate surface area is 201 Å². The van der Waals surface area contributed by atoms with Gasteiger partial charge < -0.3 is 10.1 Å². The van der Waals surface area contributed by atoms with Crippen molar-refractivity contribution < 1.29 is 27.7 Å². The van der Waals surface area contributed by atoms with E-state index in [2.05, 4.69) is 5.32 Å². The van der Waals surface area contributed by atoms with Crippen LogP contribution in [-0.2, 0) is 21.2 Å². The normalized spacial score (nSPS) is 12.7. The third-order valence-corrected chi connectivity index (χ3v) is 7.52. The highest BCUT2D eigenvalue weighted by atomic mass is 32.2. The van der Waals surface area contributed by atoms with Gasteiger partial charge in [-0.25, -0.2) is 13.2 Å². The second kappa shape index (κ2) is 9.18. The number of methoxy groups -OCH3 is 1. The number of nitro groups is 1. The highest BCUT2D eigenvalue weighted by molar-refractivity contribution is 7.93. The number of nitro benzene ring substituents is 1. The molecule has 0 fully saturated rings. The summed E-state index contributed by atoms with van der Waals surface area (Å²) in [6.07, 6.45) is 0.489. The number of sulfonamides is 1. The number of anilines is 2. The number of esters is 1. The van der Waals surface area contributed by atoms with Crippen LogP contribution < -0.4 is 9.62 Å². The number of amides is 1. The van der Waals surface area contributed by atoms with E-state index in [4.69, 9.17) is 4.74 Å². The van der Waals surface area contributed by atoms with Crippen molar-refractivity contribution in [1.29, 1.82) is 0 Å². The van der Waals surface area contributed by atoms with Gasteiger partial charge in [-0.05, 0) is 49.2 Å². The molecule has 35 heavy (non-hydrogen) atoms. The Balaban J connectivity index is 1.69. The van der Waals surface area contributed by atoms with Crippen LogP contribution in [0.3, 0.4) is 0 Å². The number of hydrogen-bond donors (Lipinski definition) is 1. The van der Waals surface area contributed by atoms with Crippen molar-refractivity contribution in [2.24, 2.45) is 0 Å². The van der Waals surface area contributed by atoms with Crippen molar-refractivity contribution in [1.82, 2.24) is 0 Å². The molecular weight excluding hydrogens is 474 g/mol. The lowest BCUT2D eigenvalue weighted by Crippen LogP contribution is -2.29. The van der Waals surface area contributed by atoms with Crippen molar-refractivity contribution in [3.63, 3.8) is 0 Å². The predicted octanol–water partition coefficient (Wildman–Crippen LogP) is 3.69. The van der Waals surface area contributed by atoms with Crippen molar-refractivity contribution in [2.75, 3.05) is 23.3 Å². The number of para-hydroxylation sites is 1. The highest BCUT2D eigenvalue weighted by Gasteiger charge is 2.36. The molecule has 3 aromatic carbocycles. The van der Waals surface area contributed by atoms with Gasteiger partial charge in [0.05, 0.1) is 29.0 Å². The fourth-order valence-electron chi connectivity index (χ4n) is 3.94. The standard InChI is InChI=1S/C24H21N3O7S/c1-15-7-9-19(18(13-15)24(29)34-2)25-23(28)17-8-10-22(21(14-17)27(30)31)35(32,33)26-12-11-16-5-3-4-6-20(16)26/h3-10,13-14H,11-12H2,1-2H3,(H,25,28). The summed E-state index contributed by atoms with van der Waals surface area (Å²) >= 11 is 0. The van der Waals surface area contributed by atoms with E-state index < -0.39 is 37.4 Å². The minimum atomic E-state index is -4.26. The number of carbonyl (C=O) groups excluding carboxylic acids is 2. The Kier molecular flexibility index (Phi) is 6.27. The molecule has 4 rings (SSSR count). The lowest BCUT2D eigenvalue weighted by molar-refractivity contribution is -0.387. The van der Waals surface area contributed by atoms with Gasteiger partial charge >= 0.3 is 5.97 Å². The van der Waals surface area contributed by atoms with Crippen LogP contribution in [0.2, 0.25) is 0 Å². The molecular formula is C24H21N3O7S. The molecule has 0 bridgehead atoms. The summed E-state index contributed by atoms with van der Waals surface area (Å²) < 4.78 is 32.6. The summed E-state index contributed by atoms with van der Waals surface area (Å²) in [6.45, 7) is 1.92. The van der Waals surface area contributed by atoms with Crippen LogP contribution in [0.4, 0.5) is 17.1 Å². The van der Waals surface area contributed by atoms with Gasteiger partial charge in [0.25, 0.3) is 21.6 Å². The first-order valence-electron chi connectivity index (χ1n) is 10.5. The van der Waals surface area contributed by atoms with E-state index in [1.807, 2.05) is 0 Å². The van der Waals surface area contributed by atoms with Gasteiger partial charge in [-0.3, -0.25) is 19.2 Å². The molecule has 10 nitrogen and oxygen atoms in total. The monoisotopic (exact) mass is 495 g/mol. The topological polar surface area (TPSA) is 136 Å². The second-order valence-electron chi connectivity index (χ2n) is 7.89. The van der Waals surface area contributed by atoms with Gasteiger partial charge in [0, 0.05) is 18.2 Å². The van der Waals surface area contributed by atoms with E-state index in [1.165, 1.54) is 25.3 Å². The van der Waals surface area contributed by atoms with E-state index in [0.29, 0.717) is 12.1 Å². The first-order valence-corrected chi connectivity index (χ1v) is 12.0. The molecule has 0 saturated heterocycles. The van der Waals surface area contributed by atoms with Crippen LogP contribution in [0.1, 0.15) is 31.8 Å². The summed E-state index contributed by atoms with van der Waals surface area (Å²) in [6, 6.07) is 14.8. The number of aryl methyl sites for hydroxylation is 1. The minimum Gasteiger partial charge on any atom is -0.465 e. The van der Waals surface area contributed by atoms with Gasteiger partial charge in [-0.2, -0.15) is 0 Å². The third-order valence-electron chi connectivity index (χ3n) is 5.66. The number of ether oxygens (including phenoxy) is 1. The first kappa shape index (κ1) is 23.9. The highest BCUT2D eigenvalue weighted by Crippen LogP contribution is 2.36. The van der Waals surface area contributed by atoms with Crippen molar-refractivity contribution in [3.8, 4) is 0 Å². The summed E-state index contributed by atoms with van der Waals surface area (Å²) in [7, 11) is -3.05. The van der Waals surface area contributed by atoms with Crippen molar-refractivity contribution in [2.45, 2.75) is 18.2 Å². The van der Waals surface area contributed by atoms with Crippen LogP contribution in [-0.4, -0.2) is 38.9 Å². The molecule has 0 aliphatic carbocycles. The van der Waals surface area contributed by atoms with Crippen LogP contribution in [0, 0.1) is 17.0 Å². The maximum Gasteiger partial charge on any atom is 0.339 e. The zero-order valence-electron chi connectivity index (χ0n) is 18.8. The molecule has 0 spiro atoms. The summed E-state index contributed by atoms with van der Waals surface area (Å²) in [4.78, 5) is 35.4. The number of fused-ring (bicyclic) bond motifs is 1. The number of carbonyl (C=O) groups is 2. The Hall–Kier alpha value is -4.25. The van der Waals surface area contributed by atoms with E-state index in [-0.39, 0.29) is 23.4 Å². The van der Waals surface area contributed by atoms with Crippen LogP contribution >= 0.6 is 0 Å². The zero-order chi connectivity index (χ0) is 25.3. The Bertz CT molecular complexity index is 1470. The molecule has 0 radical (unpaired) electrons. The Morgan fingerprint density at radius 3 is 2.54 bits per heavy atom. The van der Waals surface area contributed by atoms with E-state index in [1.54, 1.807) is 37.3 Å². The molecule has 0 unspecified atom stereocenters. The quantitative estimate of drug-likeness (QED) is 0.313. The van der Waals surface area contributed by atoms with Crippen molar-refractivity contribution in [3.05, 3.63) is 93.0 Å². The number of nitrogens with zero attached hydrogens (tertiary/aromatic N) is 2. The number of hydrogen-bond acceptors (Lipinski definition) is 7. The van der Waals surface area contributed by atoms with Gasteiger partial charge in [0.2, 0.25) is 0 Å². The van der Waals surface area contributed by atoms with Gasteiger partial charge in [-0.15, -0.1) is 0 Å². The molecule has 1 N–H and O–H groups in total. The molecule has 1 aliphatic heterocycles. The fourth-order valence-corrected chi connectivity index (χ4v) is 5.58. The number of benzene rings is 3. The molecule has 11 heteroatoms. The smallest absolute Gasteiger partial charge is 0.339 e. The minimum absolute atomic E-state index is 0.113.